The van der Waals surface area contributed by atoms with Crippen molar-refractivity contribution >= 4 is 38.7 Å². The first-order chi connectivity index (χ1) is 18.4. The Labute approximate surface area is 223 Å². The summed E-state index contributed by atoms with van der Waals surface area (Å²) in [6, 6.07) is 24.9. The zero-order valence-corrected chi connectivity index (χ0v) is 21.2. The van der Waals surface area contributed by atoms with Crippen molar-refractivity contribution in [1.82, 2.24) is 9.66 Å². The van der Waals surface area contributed by atoms with Gasteiger partial charge in [0.1, 0.15) is 12.4 Å². The van der Waals surface area contributed by atoms with E-state index in [0.29, 0.717) is 27.9 Å². The molecule has 10 heteroatoms. The topological polar surface area (TPSA) is 99.6 Å². The summed E-state index contributed by atoms with van der Waals surface area (Å²) >= 11 is 3.32. The highest BCUT2D eigenvalue weighted by atomic mass is 79.9. The first-order valence-electron chi connectivity index (χ1n) is 11.4. The van der Waals surface area contributed by atoms with E-state index < -0.39 is 10.7 Å². The fourth-order valence-corrected chi connectivity index (χ4v) is 4.43. The van der Waals surface area contributed by atoms with Crippen LogP contribution in [-0.2, 0) is 6.61 Å². The van der Waals surface area contributed by atoms with Crippen molar-refractivity contribution in [2.75, 3.05) is 0 Å². The Morgan fingerprint density at radius 3 is 2.50 bits per heavy atom. The lowest BCUT2D eigenvalue weighted by Gasteiger charge is -2.11. The number of benzene rings is 4. The largest absolute Gasteiger partial charge is 0.481 e. The molecule has 0 saturated heterocycles. The lowest BCUT2D eigenvalue weighted by Crippen LogP contribution is -2.20. The highest BCUT2D eigenvalue weighted by molar-refractivity contribution is 9.10. The molecule has 0 N–H and O–H groups in total. The smallest absolute Gasteiger partial charge is 0.312 e. The van der Waals surface area contributed by atoms with Gasteiger partial charge in [0.05, 0.1) is 26.5 Å². The molecule has 0 spiro atoms. The fourth-order valence-electron chi connectivity index (χ4n) is 3.85. The SMILES string of the molecule is O=c1c2ccccc2nc(-c2ccccc2)n1N=Cc1cc(Br)c(OCc2ccccc2F)c([N+](=O)[O-])c1. The number of nitrogens with zero attached hydrogens (tertiary/aromatic N) is 4. The monoisotopic (exact) mass is 572 g/mol. The Bertz CT molecular complexity index is 1760. The molecule has 1 aromatic heterocycles. The second-order valence-corrected chi connectivity index (χ2v) is 9.02. The number of fused-ring (bicyclic) bond motifs is 1. The Balaban J connectivity index is 1.55. The summed E-state index contributed by atoms with van der Waals surface area (Å²) in [5.41, 5.74) is 1.07. The van der Waals surface area contributed by atoms with E-state index in [0.717, 1.165) is 0 Å². The molecule has 0 unspecified atom stereocenters. The van der Waals surface area contributed by atoms with Gasteiger partial charge in [-0.15, -0.1) is 0 Å². The van der Waals surface area contributed by atoms with Gasteiger partial charge < -0.3 is 4.74 Å². The lowest BCUT2D eigenvalue weighted by atomic mass is 10.2. The average Bonchev–Trinajstić information content (AvgIpc) is 2.93. The summed E-state index contributed by atoms with van der Waals surface area (Å²) in [7, 11) is 0. The second kappa shape index (κ2) is 10.7. The molecule has 5 rings (SSSR count). The van der Waals surface area contributed by atoms with Gasteiger partial charge in [0.15, 0.2) is 5.82 Å². The summed E-state index contributed by atoms with van der Waals surface area (Å²) in [6.07, 6.45) is 1.34. The zero-order chi connectivity index (χ0) is 26.6. The predicted molar refractivity (Wildman–Crippen MR) is 146 cm³/mol. The normalized spacial score (nSPS) is 11.2. The third-order valence-electron chi connectivity index (χ3n) is 5.68. The van der Waals surface area contributed by atoms with Crippen molar-refractivity contribution in [2.24, 2.45) is 5.10 Å². The van der Waals surface area contributed by atoms with Gasteiger partial charge in [-0.3, -0.25) is 14.9 Å². The number of rotatable bonds is 7. The van der Waals surface area contributed by atoms with Crippen molar-refractivity contribution in [3.05, 3.63) is 133 Å². The van der Waals surface area contributed by atoms with E-state index in [-0.39, 0.29) is 33.6 Å². The van der Waals surface area contributed by atoms with E-state index in [4.69, 9.17) is 4.74 Å². The van der Waals surface area contributed by atoms with Gasteiger partial charge in [-0.25, -0.2) is 9.37 Å². The summed E-state index contributed by atoms with van der Waals surface area (Å²) in [5, 5.41) is 16.6. The van der Waals surface area contributed by atoms with Gasteiger partial charge >= 0.3 is 5.69 Å². The molecule has 188 valence electrons. The molecule has 4 aromatic carbocycles. The van der Waals surface area contributed by atoms with Crippen LogP contribution in [0.15, 0.2) is 105 Å². The van der Waals surface area contributed by atoms with Crippen LogP contribution in [0, 0.1) is 15.9 Å². The van der Waals surface area contributed by atoms with Crippen molar-refractivity contribution < 1.29 is 14.1 Å². The molecule has 0 aliphatic heterocycles. The molecular formula is C28H18BrFN4O4. The van der Waals surface area contributed by atoms with Crippen LogP contribution in [0.1, 0.15) is 11.1 Å². The van der Waals surface area contributed by atoms with E-state index in [1.165, 1.54) is 29.1 Å². The molecule has 38 heavy (non-hydrogen) atoms. The number of hydrogen-bond donors (Lipinski definition) is 0. The van der Waals surface area contributed by atoms with Crippen LogP contribution in [0.5, 0.6) is 5.75 Å². The first-order valence-corrected chi connectivity index (χ1v) is 12.2. The molecule has 5 aromatic rings. The standard InChI is InChI=1S/C28H18BrFN4O4/c29-22-14-18(15-25(34(36)37)26(22)38-17-20-10-4-6-12-23(20)30)16-31-33-27(19-8-2-1-3-9-19)32-24-13-7-5-11-21(24)28(33)35/h1-16H,17H2. The minimum Gasteiger partial charge on any atom is -0.481 e. The zero-order valence-electron chi connectivity index (χ0n) is 19.6. The van der Waals surface area contributed by atoms with Gasteiger partial charge in [0.25, 0.3) is 5.56 Å². The highest BCUT2D eigenvalue weighted by Crippen LogP contribution is 2.37. The van der Waals surface area contributed by atoms with Crippen LogP contribution in [0.25, 0.3) is 22.3 Å². The average molecular weight is 573 g/mol. The van der Waals surface area contributed by atoms with E-state index in [1.807, 2.05) is 30.3 Å². The Morgan fingerprint density at radius 1 is 1.03 bits per heavy atom. The van der Waals surface area contributed by atoms with Crippen LogP contribution in [-0.4, -0.2) is 20.8 Å². The van der Waals surface area contributed by atoms with Crippen LogP contribution in [0.2, 0.25) is 0 Å². The first kappa shape index (κ1) is 25.0. The third-order valence-corrected chi connectivity index (χ3v) is 6.27. The summed E-state index contributed by atoms with van der Waals surface area (Å²) in [5.74, 6) is -0.201. The molecule has 0 atom stereocenters. The van der Waals surface area contributed by atoms with Gasteiger partial charge in [0, 0.05) is 22.8 Å². The van der Waals surface area contributed by atoms with Gasteiger partial charge in [-0.1, -0.05) is 60.7 Å². The quantitative estimate of drug-likeness (QED) is 0.129. The molecule has 8 nitrogen and oxygen atoms in total. The number of nitro benzene ring substituents is 1. The third kappa shape index (κ3) is 5.07. The molecule has 0 bridgehead atoms. The molecule has 1 heterocycles. The Hall–Kier alpha value is -4.70. The summed E-state index contributed by atoms with van der Waals surface area (Å²) in [6.45, 7) is -0.196. The fraction of sp³-hybridized carbons (Fsp3) is 0.0357. The molecule has 0 saturated carbocycles. The van der Waals surface area contributed by atoms with Crippen LogP contribution in [0.3, 0.4) is 0 Å². The minimum absolute atomic E-state index is 0.0510. The second-order valence-electron chi connectivity index (χ2n) is 8.17. The number of halogens is 2. The van der Waals surface area contributed by atoms with Gasteiger partial charge in [-0.2, -0.15) is 9.78 Å². The van der Waals surface area contributed by atoms with E-state index >= 15 is 0 Å². The number of para-hydroxylation sites is 1. The number of nitro groups is 1. The van der Waals surface area contributed by atoms with E-state index in [2.05, 4.69) is 26.0 Å². The van der Waals surface area contributed by atoms with E-state index in [1.54, 1.807) is 42.5 Å². The number of ether oxygens (including phenoxy) is 1. The molecule has 0 aliphatic rings. The van der Waals surface area contributed by atoms with E-state index in [9.17, 15) is 19.3 Å². The van der Waals surface area contributed by atoms with Crippen LogP contribution < -0.4 is 10.3 Å². The minimum atomic E-state index is -0.599. The summed E-state index contributed by atoms with van der Waals surface area (Å²) < 4.78 is 21.0. The Morgan fingerprint density at radius 2 is 1.74 bits per heavy atom. The van der Waals surface area contributed by atoms with Crippen LogP contribution in [0.4, 0.5) is 10.1 Å². The maximum Gasteiger partial charge on any atom is 0.312 e. The summed E-state index contributed by atoms with van der Waals surface area (Å²) in [4.78, 5) is 29.2. The molecule has 0 fully saturated rings. The molecule has 0 radical (unpaired) electrons. The van der Waals surface area contributed by atoms with Gasteiger partial charge in [-0.05, 0) is 40.2 Å². The lowest BCUT2D eigenvalue weighted by molar-refractivity contribution is -0.386. The maximum atomic E-state index is 14.0. The van der Waals surface area contributed by atoms with Gasteiger partial charge in [0.2, 0.25) is 5.75 Å². The van der Waals surface area contributed by atoms with Crippen molar-refractivity contribution in [1.29, 1.82) is 0 Å². The molecule has 0 amide bonds. The maximum absolute atomic E-state index is 14.0. The Kier molecular flexibility index (Phi) is 7.05. The van der Waals surface area contributed by atoms with Crippen molar-refractivity contribution in [3.63, 3.8) is 0 Å². The molecule has 0 aliphatic carbocycles. The van der Waals surface area contributed by atoms with Crippen molar-refractivity contribution in [3.8, 4) is 17.1 Å². The highest BCUT2D eigenvalue weighted by Gasteiger charge is 2.21. The van der Waals surface area contributed by atoms with Crippen molar-refractivity contribution in [2.45, 2.75) is 6.61 Å². The predicted octanol–water partition coefficient (Wildman–Crippen LogP) is 6.33. The molecular weight excluding hydrogens is 555 g/mol. The number of hydrogen-bond acceptors (Lipinski definition) is 6. The van der Waals surface area contributed by atoms with Crippen LogP contribution >= 0.6 is 15.9 Å². The number of aromatic nitrogens is 2.